The Morgan fingerprint density at radius 1 is 1.12 bits per heavy atom. The summed E-state index contributed by atoms with van der Waals surface area (Å²) in [6.07, 6.45) is 1.38. The lowest BCUT2D eigenvalue weighted by molar-refractivity contribution is 1.20. The van der Waals surface area contributed by atoms with Crippen LogP contribution in [0.3, 0.4) is 0 Å². The standard InChI is InChI=1S/C11H6Cl2N4/c12-7-3-1-2-6(4-7)10-16-8-9(13)14-5-15-11(8)17-10/h1-5H,(H,14,15,16,17). The molecule has 3 rings (SSSR count). The van der Waals surface area contributed by atoms with Crippen LogP contribution >= 0.6 is 23.2 Å². The van der Waals surface area contributed by atoms with Crippen molar-refractivity contribution in [1.82, 2.24) is 19.9 Å². The smallest absolute Gasteiger partial charge is 0.182 e. The van der Waals surface area contributed by atoms with E-state index in [-0.39, 0.29) is 0 Å². The topological polar surface area (TPSA) is 54.5 Å². The van der Waals surface area contributed by atoms with E-state index in [0.717, 1.165) is 5.56 Å². The summed E-state index contributed by atoms with van der Waals surface area (Å²) in [7, 11) is 0. The van der Waals surface area contributed by atoms with Crippen molar-refractivity contribution in [3.63, 3.8) is 0 Å². The summed E-state index contributed by atoms with van der Waals surface area (Å²) < 4.78 is 0. The molecule has 3 aromatic rings. The van der Waals surface area contributed by atoms with Crippen LogP contribution in [0, 0.1) is 0 Å². The molecule has 0 unspecified atom stereocenters. The van der Waals surface area contributed by atoms with Gasteiger partial charge in [-0.3, -0.25) is 0 Å². The van der Waals surface area contributed by atoms with E-state index in [0.29, 0.717) is 27.2 Å². The first-order chi connectivity index (χ1) is 8.24. The van der Waals surface area contributed by atoms with E-state index >= 15 is 0 Å². The van der Waals surface area contributed by atoms with Gasteiger partial charge in [0, 0.05) is 10.6 Å². The predicted octanol–water partition coefficient (Wildman–Crippen LogP) is 3.33. The van der Waals surface area contributed by atoms with Crippen molar-refractivity contribution in [2.24, 2.45) is 0 Å². The second-order valence-corrected chi connectivity index (χ2v) is 4.25. The van der Waals surface area contributed by atoms with Crippen LogP contribution in [-0.2, 0) is 0 Å². The van der Waals surface area contributed by atoms with Crippen LogP contribution in [0.25, 0.3) is 22.6 Å². The van der Waals surface area contributed by atoms with Gasteiger partial charge in [-0.15, -0.1) is 0 Å². The van der Waals surface area contributed by atoms with Gasteiger partial charge >= 0.3 is 0 Å². The average Bonchev–Trinajstić information content (AvgIpc) is 2.74. The lowest BCUT2D eigenvalue weighted by atomic mass is 10.2. The fourth-order valence-corrected chi connectivity index (χ4v) is 1.94. The summed E-state index contributed by atoms with van der Waals surface area (Å²) in [5, 5.41) is 1.01. The third kappa shape index (κ3) is 1.85. The lowest BCUT2D eigenvalue weighted by Gasteiger charge is -1.96. The van der Waals surface area contributed by atoms with E-state index in [1.807, 2.05) is 18.2 Å². The summed E-state index contributed by atoms with van der Waals surface area (Å²) in [5.74, 6) is 0.671. The van der Waals surface area contributed by atoms with Crippen LogP contribution in [0.1, 0.15) is 0 Å². The minimum atomic E-state index is 0.357. The number of H-pyrrole nitrogens is 1. The Kier molecular flexibility index (Phi) is 2.46. The minimum absolute atomic E-state index is 0.357. The zero-order valence-corrected chi connectivity index (χ0v) is 10.00. The molecular formula is C11H6Cl2N4. The van der Waals surface area contributed by atoms with E-state index in [2.05, 4.69) is 19.9 Å². The zero-order chi connectivity index (χ0) is 11.8. The van der Waals surface area contributed by atoms with Crippen LogP contribution < -0.4 is 0 Å². The van der Waals surface area contributed by atoms with Crippen molar-refractivity contribution in [2.45, 2.75) is 0 Å². The molecule has 4 nitrogen and oxygen atoms in total. The molecule has 0 fully saturated rings. The molecule has 1 N–H and O–H groups in total. The maximum atomic E-state index is 5.94. The van der Waals surface area contributed by atoms with E-state index < -0.39 is 0 Å². The molecule has 0 aliphatic heterocycles. The average molecular weight is 265 g/mol. The molecule has 0 aliphatic rings. The van der Waals surface area contributed by atoms with E-state index in [1.165, 1.54) is 6.33 Å². The number of benzene rings is 1. The van der Waals surface area contributed by atoms with Crippen LogP contribution in [0.4, 0.5) is 0 Å². The van der Waals surface area contributed by atoms with Crippen molar-refractivity contribution in [1.29, 1.82) is 0 Å². The van der Waals surface area contributed by atoms with Gasteiger partial charge in [-0.1, -0.05) is 35.3 Å². The van der Waals surface area contributed by atoms with Crippen LogP contribution in [-0.4, -0.2) is 19.9 Å². The van der Waals surface area contributed by atoms with E-state index in [1.54, 1.807) is 6.07 Å². The molecular weight excluding hydrogens is 259 g/mol. The summed E-state index contributed by atoms with van der Waals surface area (Å²) in [6.45, 7) is 0. The highest BCUT2D eigenvalue weighted by atomic mass is 35.5. The highest BCUT2D eigenvalue weighted by Gasteiger charge is 2.09. The molecule has 1 aromatic carbocycles. The van der Waals surface area contributed by atoms with E-state index in [4.69, 9.17) is 23.2 Å². The maximum absolute atomic E-state index is 5.94. The summed E-state index contributed by atoms with van der Waals surface area (Å²) in [6, 6.07) is 7.39. The maximum Gasteiger partial charge on any atom is 0.182 e. The first kappa shape index (κ1) is 10.5. The Hall–Kier alpha value is -1.65. The molecule has 2 aromatic heterocycles. The fraction of sp³-hybridized carbons (Fsp3) is 0. The van der Waals surface area contributed by atoms with Gasteiger partial charge in [0.2, 0.25) is 0 Å². The number of hydrogen-bond acceptors (Lipinski definition) is 3. The first-order valence-electron chi connectivity index (χ1n) is 4.86. The van der Waals surface area contributed by atoms with Gasteiger partial charge in [0.05, 0.1) is 0 Å². The second-order valence-electron chi connectivity index (χ2n) is 3.46. The first-order valence-corrected chi connectivity index (χ1v) is 5.62. The van der Waals surface area contributed by atoms with Gasteiger partial charge in [0.25, 0.3) is 0 Å². The number of halogens is 2. The second kappa shape index (κ2) is 3.98. The van der Waals surface area contributed by atoms with Gasteiger partial charge in [0.15, 0.2) is 10.8 Å². The molecule has 0 spiro atoms. The fourth-order valence-electron chi connectivity index (χ4n) is 1.57. The number of aromatic nitrogens is 4. The summed E-state index contributed by atoms with van der Waals surface area (Å²) in [5.41, 5.74) is 2.05. The Balaban J connectivity index is 2.22. The SMILES string of the molecule is Clc1cccc(-c2nc3ncnc(Cl)c3[nH]2)c1. The number of rotatable bonds is 1. The molecule has 0 aliphatic carbocycles. The normalized spacial score (nSPS) is 10.9. The molecule has 0 atom stereocenters. The largest absolute Gasteiger partial charge is 0.334 e. The highest BCUT2D eigenvalue weighted by molar-refractivity contribution is 6.33. The Morgan fingerprint density at radius 3 is 2.76 bits per heavy atom. The van der Waals surface area contributed by atoms with Gasteiger partial charge < -0.3 is 4.98 Å². The highest BCUT2D eigenvalue weighted by Crippen LogP contribution is 2.24. The molecule has 0 saturated heterocycles. The number of nitrogens with one attached hydrogen (secondary N) is 1. The lowest BCUT2D eigenvalue weighted by Crippen LogP contribution is -1.80. The van der Waals surface area contributed by atoms with Crippen LogP contribution in [0.5, 0.6) is 0 Å². The van der Waals surface area contributed by atoms with Gasteiger partial charge in [-0.05, 0) is 12.1 Å². The van der Waals surface area contributed by atoms with Crippen LogP contribution in [0.15, 0.2) is 30.6 Å². The minimum Gasteiger partial charge on any atom is -0.334 e. The van der Waals surface area contributed by atoms with Crippen molar-refractivity contribution in [2.75, 3.05) is 0 Å². The van der Waals surface area contributed by atoms with Gasteiger partial charge in [-0.2, -0.15) is 0 Å². The van der Waals surface area contributed by atoms with Gasteiger partial charge in [0.1, 0.15) is 17.7 Å². The van der Waals surface area contributed by atoms with Gasteiger partial charge in [-0.25, -0.2) is 15.0 Å². The summed E-state index contributed by atoms with van der Waals surface area (Å²) >= 11 is 11.9. The molecule has 84 valence electrons. The Labute approximate surface area is 107 Å². The number of imidazole rings is 1. The molecule has 6 heteroatoms. The molecule has 0 radical (unpaired) electrons. The van der Waals surface area contributed by atoms with E-state index in [9.17, 15) is 0 Å². The van der Waals surface area contributed by atoms with Crippen molar-refractivity contribution < 1.29 is 0 Å². The number of nitrogens with zero attached hydrogens (tertiary/aromatic N) is 3. The Bertz CT molecular complexity index is 693. The zero-order valence-electron chi connectivity index (χ0n) is 8.48. The molecule has 2 heterocycles. The molecule has 0 saturated carbocycles. The molecule has 17 heavy (non-hydrogen) atoms. The van der Waals surface area contributed by atoms with Crippen molar-refractivity contribution in [3.05, 3.63) is 40.8 Å². The monoisotopic (exact) mass is 264 g/mol. The Morgan fingerprint density at radius 2 is 2.00 bits per heavy atom. The summed E-state index contributed by atoms with van der Waals surface area (Å²) in [4.78, 5) is 15.3. The number of fused-ring (bicyclic) bond motifs is 1. The third-order valence-electron chi connectivity index (χ3n) is 2.34. The number of aromatic amines is 1. The quantitative estimate of drug-likeness (QED) is 0.686. The molecule has 0 bridgehead atoms. The molecule has 0 amide bonds. The third-order valence-corrected chi connectivity index (χ3v) is 2.86. The van der Waals surface area contributed by atoms with Crippen molar-refractivity contribution in [3.8, 4) is 11.4 Å². The van der Waals surface area contributed by atoms with Crippen LogP contribution in [0.2, 0.25) is 10.2 Å². The predicted molar refractivity (Wildman–Crippen MR) is 67.1 cm³/mol. The number of hydrogen-bond donors (Lipinski definition) is 1. The van der Waals surface area contributed by atoms with Crippen molar-refractivity contribution >= 4 is 34.4 Å².